The van der Waals surface area contributed by atoms with E-state index in [9.17, 15) is 9.59 Å². The van der Waals surface area contributed by atoms with E-state index in [0.29, 0.717) is 84.3 Å². The standard InChI is InChI=1S/C19H20Cl4N4O.C9H18N2O.C5H2Cl3N/c20-13-8-24-9-14(21)18(13)26-5-1-2-17(28)12-3-6-27(7-4-12)19-15(22)10-25-11-16(19)23;10-5-1-2-9(12)8-3-6-11-7-4-8;6-3-1-9-2-4(7)5(3)8/h8-12H,1-7H2,(H,24,26);8,11H,1-7,10H2;1-2H. The van der Waals surface area contributed by atoms with Crippen molar-refractivity contribution >= 4 is 104 Å². The normalized spacial score (nSPS) is 15.1. The number of ketones is 2. The maximum absolute atomic E-state index is 12.5. The molecule has 3 aromatic rings. The van der Waals surface area contributed by atoms with Crippen molar-refractivity contribution in [2.45, 2.75) is 51.4 Å². The highest BCUT2D eigenvalue weighted by Crippen LogP contribution is 2.35. The van der Waals surface area contributed by atoms with Gasteiger partial charge in [0.15, 0.2) is 0 Å². The number of hydrogen-bond donors (Lipinski definition) is 3. The molecule has 0 atom stereocenters. The quantitative estimate of drug-likeness (QED) is 0.163. The number of carbonyl (C=O) groups excluding carboxylic acids is 2. The number of piperidine rings is 2. The van der Waals surface area contributed by atoms with Crippen LogP contribution in [0.4, 0.5) is 11.4 Å². The van der Waals surface area contributed by atoms with Crippen molar-refractivity contribution in [1.82, 2.24) is 20.3 Å². The molecule has 49 heavy (non-hydrogen) atoms. The van der Waals surface area contributed by atoms with Gasteiger partial charge < -0.3 is 21.3 Å². The number of nitrogens with one attached hydrogen (secondary N) is 2. The van der Waals surface area contributed by atoms with E-state index in [2.05, 4.69) is 30.5 Å². The summed E-state index contributed by atoms with van der Waals surface area (Å²) in [6, 6.07) is 0. The number of halogens is 7. The third kappa shape index (κ3) is 13.8. The number of hydrogen-bond acceptors (Lipinski definition) is 9. The Balaban J connectivity index is 0.000000252. The Hall–Kier alpha value is -1.66. The highest BCUT2D eigenvalue weighted by atomic mass is 35.5. The second kappa shape index (κ2) is 22.3. The zero-order valence-electron chi connectivity index (χ0n) is 26.8. The van der Waals surface area contributed by atoms with E-state index < -0.39 is 0 Å². The van der Waals surface area contributed by atoms with Crippen molar-refractivity contribution in [3.05, 3.63) is 72.3 Å². The van der Waals surface area contributed by atoms with E-state index >= 15 is 0 Å². The van der Waals surface area contributed by atoms with Crippen molar-refractivity contribution in [2.75, 3.05) is 49.5 Å². The van der Waals surface area contributed by atoms with Crippen molar-refractivity contribution in [1.29, 1.82) is 0 Å². The molecule has 9 nitrogen and oxygen atoms in total. The first-order chi connectivity index (χ1) is 23.5. The molecule has 16 heteroatoms. The molecule has 2 aliphatic heterocycles. The summed E-state index contributed by atoms with van der Waals surface area (Å²) in [7, 11) is 0. The molecule has 0 spiro atoms. The molecule has 0 saturated carbocycles. The fourth-order valence-corrected chi connectivity index (χ4v) is 6.98. The Morgan fingerprint density at radius 1 is 0.694 bits per heavy atom. The van der Waals surface area contributed by atoms with Crippen LogP contribution in [0.25, 0.3) is 0 Å². The van der Waals surface area contributed by atoms with E-state index in [1.165, 1.54) is 24.8 Å². The van der Waals surface area contributed by atoms with Crippen LogP contribution >= 0.6 is 81.2 Å². The first-order valence-corrected chi connectivity index (χ1v) is 18.7. The number of aromatic nitrogens is 3. The molecule has 0 amide bonds. The number of nitrogens with two attached hydrogens (primary N) is 1. The average molecular weight is 815 g/mol. The topological polar surface area (TPSA) is 126 Å². The Morgan fingerprint density at radius 2 is 1.14 bits per heavy atom. The second-order valence-electron chi connectivity index (χ2n) is 11.5. The molecule has 3 aromatic heterocycles. The highest BCUT2D eigenvalue weighted by molar-refractivity contribution is 6.47. The predicted molar refractivity (Wildman–Crippen MR) is 204 cm³/mol. The summed E-state index contributed by atoms with van der Waals surface area (Å²) in [5, 5.41) is 9.56. The van der Waals surface area contributed by atoms with Crippen LogP contribution in [-0.2, 0) is 9.59 Å². The lowest BCUT2D eigenvalue weighted by atomic mass is 9.90. The molecule has 2 saturated heterocycles. The zero-order chi connectivity index (χ0) is 35.8. The van der Waals surface area contributed by atoms with Crippen molar-refractivity contribution < 1.29 is 9.59 Å². The molecule has 0 radical (unpaired) electrons. The van der Waals surface area contributed by atoms with Crippen molar-refractivity contribution in [3.63, 3.8) is 0 Å². The molecule has 0 unspecified atom stereocenters. The minimum absolute atomic E-state index is 0.0729. The second-order valence-corrected chi connectivity index (χ2v) is 14.3. The third-order valence-corrected chi connectivity index (χ3v) is 10.4. The van der Waals surface area contributed by atoms with Gasteiger partial charge in [0.2, 0.25) is 0 Å². The molecular weight excluding hydrogens is 775 g/mol. The number of carbonyl (C=O) groups is 2. The first kappa shape index (κ1) is 41.8. The highest BCUT2D eigenvalue weighted by Gasteiger charge is 2.26. The van der Waals surface area contributed by atoms with Gasteiger partial charge in [-0.25, -0.2) is 0 Å². The van der Waals surface area contributed by atoms with Crippen LogP contribution in [0.1, 0.15) is 51.4 Å². The molecule has 0 aliphatic carbocycles. The Bertz CT molecular complexity index is 1440. The third-order valence-electron chi connectivity index (χ3n) is 8.07. The minimum Gasteiger partial charge on any atom is -0.383 e. The van der Waals surface area contributed by atoms with Gasteiger partial charge in [-0.15, -0.1) is 0 Å². The number of nitrogens with zero attached hydrogens (tertiary/aromatic N) is 4. The molecular formula is C33H40Cl7N7O2. The maximum Gasteiger partial charge on any atom is 0.136 e. The number of Topliss-reactive ketones (excluding diaryl/α,β-unsaturated/α-hetero) is 2. The van der Waals surface area contributed by atoms with E-state index in [1.54, 1.807) is 12.4 Å². The predicted octanol–water partition coefficient (Wildman–Crippen LogP) is 9.10. The van der Waals surface area contributed by atoms with Gasteiger partial charge in [0.1, 0.15) is 11.6 Å². The van der Waals surface area contributed by atoms with Crippen LogP contribution in [0, 0.1) is 11.8 Å². The van der Waals surface area contributed by atoms with E-state index in [-0.39, 0.29) is 5.92 Å². The molecule has 0 aromatic carbocycles. The molecule has 5 rings (SSSR count). The van der Waals surface area contributed by atoms with E-state index in [4.69, 9.17) is 86.9 Å². The molecule has 5 heterocycles. The average Bonchev–Trinajstić information content (AvgIpc) is 3.10. The Kier molecular flexibility index (Phi) is 19.0. The van der Waals surface area contributed by atoms with Crippen molar-refractivity contribution in [3.8, 4) is 0 Å². The van der Waals surface area contributed by atoms with Gasteiger partial charge in [-0.3, -0.25) is 24.5 Å². The molecule has 2 aliphatic rings. The summed E-state index contributed by atoms with van der Waals surface area (Å²) in [6.45, 7) is 4.76. The zero-order valence-corrected chi connectivity index (χ0v) is 32.1. The Morgan fingerprint density at radius 3 is 1.63 bits per heavy atom. The van der Waals surface area contributed by atoms with Gasteiger partial charge in [-0.2, -0.15) is 0 Å². The van der Waals surface area contributed by atoms with Crippen LogP contribution in [0.15, 0.2) is 37.2 Å². The van der Waals surface area contributed by atoms with Gasteiger partial charge in [-0.05, 0) is 58.2 Å². The lowest BCUT2D eigenvalue weighted by Crippen LogP contribution is -2.36. The van der Waals surface area contributed by atoms with Crippen LogP contribution in [-0.4, -0.2) is 65.8 Å². The van der Waals surface area contributed by atoms with Gasteiger partial charge in [0, 0.05) is 81.5 Å². The van der Waals surface area contributed by atoms with E-state index in [1.807, 2.05) is 0 Å². The van der Waals surface area contributed by atoms with Gasteiger partial charge >= 0.3 is 0 Å². The molecule has 268 valence electrons. The largest absolute Gasteiger partial charge is 0.383 e. The smallest absolute Gasteiger partial charge is 0.136 e. The molecule has 2 fully saturated rings. The monoisotopic (exact) mass is 811 g/mol. The fourth-order valence-electron chi connectivity index (χ4n) is 5.41. The summed E-state index contributed by atoms with van der Waals surface area (Å²) in [5.74, 6) is 1.10. The fraction of sp³-hybridized carbons (Fsp3) is 0.485. The lowest BCUT2D eigenvalue weighted by molar-refractivity contribution is -0.124. The molecule has 4 N–H and O–H groups in total. The number of pyridine rings is 3. The Labute approximate surface area is 322 Å². The van der Waals surface area contributed by atoms with Crippen LogP contribution in [0.3, 0.4) is 0 Å². The van der Waals surface area contributed by atoms with Crippen LogP contribution in [0.2, 0.25) is 35.2 Å². The SMILES string of the molecule is Clc1cncc(Cl)c1Cl.NCCCC(=O)C1CCNCC1.O=C(CCCNc1c(Cl)cncc1Cl)C1CCN(c2c(Cl)cncc2Cl)CC1. The summed E-state index contributed by atoms with van der Waals surface area (Å²) in [5.41, 5.74) is 6.80. The van der Waals surface area contributed by atoms with Gasteiger partial charge in [0.05, 0.1) is 46.5 Å². The summed E-state index contributed by atoms with van der Waals surface area (Å²) < 4.78 is 0. The van der Waals surface area contributed by atoms with Crippen LogP contribution in [0.5, 0.6) is 0 Å². The first-order valence-electron chi connectivity index (χ1n) is 16.0. The maximum atomic E-state index is 12.5. The summed E-state index contributed by atoms with van der Waals surface area (Å²) in [6.07, 6.45) is 15.5. The number of anilines is 2. The lowest BCUT2D eigenvalue weighted by Gasteiger charge is -2.33. The summed E-state index contributed by atoms with van der Waals surface area (Å²) in [4.78, 5) is 37.8. The summed E-state index contributed by atoms with van der Waals surface area (Å²) >= 11 is 41.3. The van der Waals surface area contributed by atoms with E-state index in [0.717, 1.165) is 70.4 Å². The van der Waals surface area contributed by atoms with Gasteiger partial charge in [-0.1, -0.05) is 81.2 Å². The minimum atomic E-state index is 0.0729. The van der Waals surface area contributed by atoms with Crippen molar-refractivity contribution in [2.24, 2.45) is 17.6 Å². The molecule has 0 bridgehead atoms. The van der Waals surface area contributed by atoms with Gasteiger partial charge in [0.25, 0.3) is 0 Å². The van der Waals surface area contributed by atoms with Crippen LogP contribution < -0.4 is 21.3 Å². The number of rotatable bonds is 11.